The number of Topliss-reactive ketones (excluding diaryl/α,β-unsaturated/α-hetero) is 3. The maximum Gasteiger partial charge on any atom is 0.450 e. The monoisotopic (exact) mass is 650 g/mol. The van der Waals surface area contributed by atoms with Gasteiger partial charge < -0.3 is 14.7 Å². The molecule has 0 unspecified atom stereocenters. The van der Waals surface area contributed by atoms with Crippen molar-refractivity contribution >= 4 is 33.9 Å². The summed E-state index contributed by atoms with van der Waals surface area (Å²) in [7, 11) is 0. The fourth-order valence-electron chi connectivity index (χ4n) is 3.99. The predicted octanol–water partition coefficient (Wildman–Crippen LogP) is 2.72. The zero-order valence-electron chi connectivity index (χ0n) is 19.6. The molecule has 0 atom stereocenters. The molecule has 0 amide bonds. The molecule has 2 aromatic rings. The second-order valence-electron chi connectivity index (χ2n) is 8.96. The van der Waals surface area contributed by atoms with E-state index in [1.54, 1.807) is 18.2 Å². The number of hydrogen-bond acceptors (Lipinski definition) is 7. The Kier molecular flexibility index (Phi) is 8.06. The molecular formula is C26H22EuF3N3O4. The average Bonchev–Trinajstić information content (AvgIpc) is 3.70. The fraction of sp³-hybridized carbons (Fsp3) is 0.308. The van der Waals surface area contributed by atoms with Crippen molar-refractivity contribution in [1.82, 2.24) is 14.7 Å². The summed E-state index contributed by atoms with van der Waals surface area (Å²) in [6.07, 6.45) is -4.59. The van der Waals surface area contributed by atoms with E-state index in [4.69, 9.17) is 0 Å². The smallest absolute Gasteiger partial charge is 0.365 e. The molecule has 7 nitrogen and oxygen atoms in total. The predicted molar refractivity (Wildman–Crippen MR) is 124 cm³/mol. The Hall–Kier alpha value is -2.37. The number of allylic oxidation sites excluding steroid dienone is 1. The Morgan fingerprint density at radius 3 is 1.92 bits per heavy atom. The van der Waals surface area contributed by atoms with Crippen molar-refractivity contribution < 1.29 is 81.7 Å². The Labute approximate surface area is 251 Å². The molecule has 2 aromatic carbocycles. The number of halogens is 3. The Morgan fingerprint density at radius 2 is 1.35 bits per heavy atom. The summed E-state index contributed by atoms with van der Waals surface area (Å²) in [5.41, 5.74) is 1.99. The summed E-state index contributed by atoms with van der Waals surface area (Å²) in [4.78, 5) is 52.9. The van der Waals surface area contributed by atoms with Gasteiger partial charge in [0.1, 0.15) is 11.4 Å². The Bertz CT molecular complexity index is 1360. The first-order valence-electron chi connectivity index (χ1n) is 11.6. The second kappa shape index (κ2) is 10.8. The summed E-state index contributed by atoms with van der Waals surface area (Å²) in [6.45, 7) is 5.41. The molecule has 0 saturated carbocycles. The maximum atomic E-state index is 12.4. The van der Waals surface area contributed by atoms with Crippen molar-refractivity contribution in [2.24, 2.45) is 0 Å². The van der Waals surface area contributed by atoms with E-state index in [-0.39, 0.29) is 66.5 Å². The largest absolute Gasteiger partial charge is 0.450 e. The number of hydrogen-bond donors (Lipinski definition) is 0. The van der Waals surface area contributed by atoms with E-state index >= 15 is 0 Å². The van der Waals surface area contributed by atoms with Crippen molar-refractivity contribution in [3.05, 3.63) is 71.2 Å². The van der Waals surface area contributed by atoms with Gasteiger partial charge in [0.2, 0.25) is 17.3 Å². The summed E-state index contributed by atoms with van der Waals surface area (Å²) < 4.78 is 36.2. The quantitative estimate of drug-likeness (QED) is 0.206. The van der Waals surface area contributed by atoms with E-state index in [0.717, 1.165) is 50.0 Å². The molecule has 1 aliphatic carbocycles. The van der Waals surface area contributed by atoms with Crippen LogP contribution in [0.15, 0.2) is 65.6 Å². The maximum absolute atomic E-state index is 12.4. The average molecular weight is 649 g/mol. The molecule has 0 aromatic heterocycles. The number of rotatable bonds is 6. The summed E-state index contributed by atoms with van der Waals surface area (Å²) in [5.74, 6) is -2.80. The van der Waals surface area contributed by atoms with E-state index in [1.165, 1.54) is 18.2 Å². The minimum atomic E-state index is -4.97. The van der Waals surface area contributed by atoms with Crippen molar-refractivity contribution in [2.75, 3.05) is 39.3 Å². The third-order valence-electron chi connectivity index (χ3n) is 6.20. The van der Waals surface area contributed by atoms with Crippen LogP contribution in [0.1, 0.15) is 16.8 Å². The van der Waals surface area contributed by atoms with Crippen LogP contribution in [-0.4, -0.2) is 83.3 Å². The summed E-state index contributed by atoms with van der Waals surface area (Å²) in [6, 6.07) is 11.7. The van der Waals surface area contributed by atoms with Crippen molar-refractivity contribution in [3.8, 4) is 0 Å². The third kappa shape index (κ3) is 6.38. The Morgan fingerprint density at radius 1 is 0.784 bits per heavy atom. The van der Waals surface area contributed by atoms with Crippen LogP contribution in [0.5, 0.6) is 0 Å². The minimum absolute atomic E-state index is 0. The van der Waals surface area contributed by atoms with Gasteiger partial charge in [-0.1, -0.05) is 36.4 Å². The van der Waals surface area contributed by atoms with E-state index < -0.39 is 24.2 Å². The second-order valence-corrected chi connectivity index (χ2v) is 8.96. The molecule has 11 heteroatoms. The van der Waals surface area contributed by atoms with Crippen LogP contribution >= 0.6 is 0 Å². The molecule has 37 heavy (non-hydrogen) atoms. The van der Waals surface area contributed by atoms with Crippen LogP contribution in [0.2, 0.25) is 0 Å². The van der Waals surface area contributed by atoms with E-state index in [2.05, 4.69) is 0 Å². The zero-order valence-corrected chi connectivity index (χ0v) is 22.0. The van der Waals surface area contributed by atoms with E-state index in [0.29, 0.717) is 17.1 Å². The fourth-order valence-corrected chi connectivity index (χ4v) is 3.99. The van der Waals surface area contributed by atoms with E-state index in [9.17, 15) is 32.3 Å². The van der Waals surface area contributed by atoms with Gasteiger partial charge in [0, 0.05) is 100 Å². The third-order valence-corrected chi connectivity index (χ3v) is 6.20. The van der Waals surface area contributed by atoms with Gasteiger partial charge in [-0.25, -0.2) is 0 Å². The molecule has 193 valence electrons. The van der Waals surface area contributed by atoms with Crippen LogP contribution in [0, 0.1) is 49.4 Å². The molecule has 0 spiro atoms. The SMILES string of the molecule is O=C(CC(=O)C(F)(F)F)c1ccc2ccccc2c1.O=C1C=C(N2CC2)C(=O)C(N2CC2)=C1N1CC1.[Eu]. The normalized spacial score (nSPS) is 18.1. The van der Waals surface area contributed by atoms with Gasteiger partial charge in [0.05, 0.1) is 12.1 Å². The number of alkyl halides is 3. The molecule has 3 saturated heterocycles. The summed E-state index contributed by atoms with van der Waals surface area (Å²) >= 11 is 0. The van der Waals surface area contributed by atoms with Crippen LogP contribution in [0.3, 0.4) is 0 Å². The van der Waals surface area contributed by atoms with Crippen LogP contribution in [0.4, 0.5) is 13.2 Å². The standard InChI is InChI=1S/C14H9F3O2.C12H13N3O2.Eu/c15-14(16,17)13(19)8-12(18)11-6-5-9-3-1-2-4-10(9)7-11;16-9-7-8(13-1-2-13)12(17)11(15-5-6-15)10(9)14-3-4-14;/h1-7H,8H2;7H,1-6H2;. The minimum Gasteiger partial charge on any atom is -0.365 e. The zero-order chi connectivity index (χ0) is 25.6. The van der Waals surface area contributed by atoms with Crippen molar-refractivity contribution in [3.63, 3.8) is 0 Å². The van der Waals surface area contributed by atoms with Gasteiger partial charge in [-0.3, -0.25) is 19.2 Å². The van der Waals surface area contributed by atoms with Crippen LogP contribution < -0.4 is 0 Å². The first kappa shape index (κ1) is 27.7. The molecule has 3 aliphatic heterocycles. The van der Waals surface area contributed by atoms with Gasteiger partial charge >= 0.3 is 6.18 Å². The molecule has 0 N–H and O–H groups in total. The van der Waals surface area contributed by atoms with Gasteiger partial charge in [0.25, 0.3) is 0 Å². The number of ketones is 4. The number of nitrogens with zero attached hydrogens (tertiary/aromatic N) is 3. The number of carbonyl (C=O) groups excluding carboxylic acids is 4. The molecule has 1 radical (unpaired) electrons. The Balaban J connectivity index is 0.000000169. The van der Waals surface area contributed by atoms with Crippen LogP contribution in [-0.2, 0) is 14.4 Å². The molecule has 4 aliphatic rings. The topological polar surface area (TPSA) is 77.3 Å². The van der Waals surface area contributed by atoms with Crippen molar-refractivity contribution in [1.29, 1.82) is 0 Å². The number of benzene rings is 2. The molecule has 3 heterocycles. The first-order chi connectivity index (χ1) is 17.1. The van der Waals surface area contributed by atoms with Crippen molar-refractivity contribution in [2.45, 2.75) is 12.6 Å². The molecule has 3 fully saturated rings. The van der Waals surface area contributed by atoms with Gasteiger partial charge in [-0.15, -0.1) is 0 Å². The molecular weight excluding hydrogens is 627 g/mol. The summed E-state index contributed by atoms with van der Waals surface area (Å²) in [5, 5.41) is 1.62. The first-order valence-corrected chi connectivity index (χ1v) is 11.6. The number of carbonyl (C=O) groups is 4. The van der Waals surface area contributed by atoms with Gasteiger partial charge in [-0.2, -0.15) is 13.2 Å². The van der Waals surface area contributed by atoms with E-state index in [1.807, 2.05) is 26.8 Å². The van der Waals surface area contributed by atoms with Gasteiger partial charge in [0.15, 0.2) is 5.78 Å². The van der Waals surface area contributed by atoms with Gasteiger partial charge in [-0.05, 0) is 16.8 Å². The number of fused-ring (bicyclic) bond motifs is 1. The van der Waals surface area contributed by atoms with Crippen LogP contribution in [0.25, 0.3) is 10.8 Å². The molecule has 6 rings (SSSR count). The molecule has 0 bridgehead atoms.